The van der Waals surface area contributed by atoms with Crippen LogP contribution < -0.4 is 10.2 Å². The van der Waals surface area contributed by atoms with Crippen molar-refractivity contribution >= 4 is 17.5 Å². The molecule has 166 valence electrons. The van der Waals surface area contributed by atoms with Crippen LogP contribution in [0.15, 0.2) is 51.5 Å². The zero-order chi connectivity index (χ0) is 22.5. The van der Waals surface area contributed by atoms with Crippen molar-refractivity contribution in [2.75, 3.05) is 43.9 Å². The van der Waals surface area contributed by atoms with Gasteiger partial charge in [0.05, 0.1) is 6.26 Å². The fraction of sp³-hybridized carbons (Fsp3) is 0.375. The molecule has 0 unspecified atom stereocenters. The van der Waals surface area contributed by atoms with E-state index in [0.29, 0.717) is 37.6 Å². The highest BCUT2D eigenvalue weighted by Gasteiger charge is 2.29. The number of rotatable bonds is 7. The maximum absolute atomic E-state index is 12.8. The molecule has 3 heterocycles. The molecule has 1 N–H and O–H groups in total. The highest BCUT2D eigenvalue weighted by atomic mass is 16.4. The fourth-order valence-corrected chi connectivity index (χ4v) is 3.80. The van der Waals surface area contributed by atoms with Gasteiger partial charge in [0.15, 0.2) is 5.76 Å². The first kappa shape index (κ1) is 21.7. The lowest BCUT2D eigenvalue weighted by molar-refractivity contribution is -0.120. The molecule has 0 saturated carbocycles. The Morgan fingerprint density at radius 1 is 1.25 bits per heavy atom. The number of oxazole rings is 1. The Kier molecular flexibility index (Phi) is 6.57. The summed E-state index contributed by atoms with van der Waals surface area (Å²) in [6, 6.07) is 13.6. The lowest BCUT2D eigenvalue weighted by Crippen LogP contribution is -2.38. The summed E-state index contributed by atoms with van der Waals surface area (Å²) in [5.74, 6) is 1.15. The molecule has 2 aromatic heterocycles. The third kappa shape index (κ3) is 5.01. The van der Waals surface area contributed by atoms with Crippen LogP contribution >= 0.6 is 0 Å². The molecule has 3 aromatic rings. The number of nitrogens with zero attached hydrogens (tertiary/aromatic N) is 4. The second-order valence-corrected chi connectivity index (χ2v) is 8.26. The van der Waals surface area contributed by atoms with E-state index in [1.165, 1.54) is 11.8 Å². The van der Waals surface area contributed by atoms with Crippen LogP contribution in [0.25, 0.3) is 11.7 Å². The fourth-order valence-electron chi connectivity index (χ4n) is 3.80. The van der Waals surface area contributed by atoms with Crippen LogP contribution in [0.1, 0.15) is 24.1 Å². The minimum Gasteiger partial charge on any atom is -0.459 e. The van der Waals surface area contributed by atoms with Gasteiger partial charge in [-0.2, -0.15) is 10.2 Å². The zero-order valence-corrected chi connectivity index (χ0v) is 18.4. The van der Waals surface area contributed by atoms with Crippen molar-refractivity contribution in [1.82, 2.24) is 9.88 Å². The van der Waals surface area contributed by atoms with Crippen LogP contribution in [-0.2, 0) is 11.2 Å². The first-order valence-corrected chi connectivity index (χ1v) is 10.8. The molecule has 8 heteroatoms. The summed E-state index contributed by atoms with van der Waals surface area (Å²) in [4.78, 5) is 21.1. The van der Waals surface area contributed by atoms with E-state index >= 15 is 0 Å². The van der Waals surface area contributed by atoms with Crippen molar-refractivity contribution < 1.29 is 13.6 Å². The Labute approximate surface area is 187 Å². The maximum atomic E-state index is 12.8. The van der Waals surface area contributed by atoms with E-state index in [1.54, 1.807) is 12.1 Å². The molecular weight excluding hydrogens is 406 g/mol. The van der Waals surface area contributed by atoms with E-state index < -0.39 is 0 Å². The average molecular weight is 434 g/mol. The summed E-state index contributed by atoms with van der Waals surface area (Å²) in [5, 5.41) is 12.5. The number of likely N-dealkylation sites (N-methyl/N-ethyl adjacent to an activating group) is 1. The number of piperidine rings is 1. The molecule has 1 saturated heterocycles. The lowest BCUT2D eigenvalue weighted by atomic mass is 9.95. The molecule has 1 amide bonds. The molecule has 1 fully saturated rings. The van der Waals surface area contributed by atoms with Gasteiger partial charge in [-0.05, 0) is 63.2 Å². The third-order valence-corrected chi connectivity index (χ3v) is 5.67. The average Bonchev–Trinajstić information content (AvgIpc) is 3.48. The number of nitrogens with one attached hydrogen (secondary N) is 1. The highest BCUT2D eigenvalue weighted by Crippen LogP contribution is 2.31. The first-order valence-electron chi connectivity index (χ1n) is 10.8. The van der Waals surface area contributed by atoms with Gasteiger partial charge in [-0.1, -0.05) is 12.1 Å². The topological polar surface area (TPSA) is 98.5 Å². The minimum atomic E-state index is -0.0855. The highest BCUT2D eigenvalue weighted by molar-refractivity contribution is 5.92. The second kappa shape index (κ2) is 9.71. The number of carbonyl (C=O) groups is 1. The SMILES string of the molecule is CN(C)CCc1ccc(NC(=O)C2CCN(c3oc(-c4ccco4)nc3C#N)CC2)cc1. The van der Waals surface area contributed by atoms with Crippen molar-refractivity contribution in [3.63, 3.8) is 0 Å². The van der Waals surface area contributed by atoms with Gasteiger partial charge in [0.1, 0.15) is 6.07 Å². The van der Waals surface area contributed by atoms with Gasteiger partial charge in [-0.15, -0.1) is 0 Å². The molecule has 32 heavy (non-hydrogen) atoms. The number of carbonyl (C=O) groups excluding carboxylic acids is 1. The number of amides is 1. The maximum Gasteiger partial charge on any atom is 0.266 e. The zero-order valence-electron chi connectivity index (χ0n) is 18.4. The predicted molar refractivity (Wildman–Crippen MR) is 121 cm³/mol. The molecule has 1 aliphatic heterocycles. The third-order valence-electron chi connectivity index (χ3n) is 5.67. The molecular formula is C24H27N5O3. The Balaban J connectivity index is 1.33. The predicted octanol–water partition coefficient (Wildman–Crippen LogP) is 3.77. The molecule has 1 aromatic carbocycles. The monoisotopic (exact) mass is 433 g/mol. The van der Waals surface area contributed by atoms with Gasteiger partial charge in [0.2, 0.25) is 17.5 Å². The first-order chi connectivity index (χ1) is 15.5. The summed E-state index contributed by atoms with van der Waals surface area (Å²) >= 11 is 0. The van der Waals surface area contributed by atoms with Gasteiger partial charge in [-0.25, -0.2) is 0 Å². The molecule has 0 radical (unpaired) electrons. The number of hydrogen-bond donors (Lipinski definition) is 1. The van der Waals surface area contributed by atoms with E-state index in [0.717, 1.165) is 18.7 Å². The van der Waals surface area contributed by atoms with Crippen LogP contribution in [0.3, 0.4) is 0 Å². The molecule has 0 atom stereocenters. The number of aromatic nitrogens is 1. The molecule has 0 bridgehead atoms. The van der Waals surface area contributed by atoms with Gasteiger partial charge in [0, 0.05) is 31.2 Å². The molecule has 4 rings (SSSR count). The van der Waals surface area contributed by atoms with Crippen molar-refractivity contribution in [3.05, 3.63) is 53.9 Å². The Morgan fingerprint density at radius 3 is 2.62 bits per heavy atom. The largest absolute Gasteiger partial charge is 0.459 e. The number of hydrogen-bond acceptors (Lipinski definition) is 7. The molecule has 1 aliphatic rings. The van der Waals surface area contributed by atoms with Crippen LogP contribution in [0.5, 0.6) is 0 Å². The summed E-state index contributed by atoms with van der Waals surface area (Å²) in [7, 11) is 4.11. The standard InChI is InChI=1S/C24H27N5O3/c1-28(2)12-9-17-5-7-19(8-6-17)26-22(30)18-10-13-29(14-11-18)24-20(16-25)27-23(32-24)21-4-3-15-31-21/h3-8,15,18H,9-14H2,1-2H3,(H,26,30). The summed E-state index contributed by atoms with van der Waals surface area (Å²) < 4.78 is 11.1. The molecule has 0 aliphatic carbocycles. The quantitative estimate of drug-likeness (QED) is 0.606. The molecule has 0 spiro atoms. The summed E-state index contributed by atoms with van der Waals surface area (Å²) in [6.45, 7) is 2.22. The van der Waals surface area contributed by atoms with E-state index in [-0.39, 0.29) is 23.4 Å². The van der Waals surface area contributed by atoms with Gasteiger partial charge < -0.3 is 24.0 Å². The van der Waals surface area contributed by atoms with Crippen molar-refractivity contribution in [3.8, 4) is 17.7 Å². The summed E-state index contributed by atoms with van der Waals surface area (Å²) in [6.07, 6.45) is 3.86. The van der Waals surface area contributed by atoms with E-state index in [9.17, 15) is 10.1 Å². The Bertz CT molecular complexity index is 1070. The lowest BCUT2D eigenvalue weighted by Gasteiger charge is -2.31. The van der Waals surface area contributed by atoms with Crippen molar-refractivity contribution in [2.24, 2.45) is 5.92 Å². The van der Waals surface area contributed by atoms with Crippen LogP contribution in [0.2, 0.25) is 0 Å². The smallest absolute Gasteiger partial charge is 0.266 e. The van der Waals surface area contributed by atoms with Crippen molar-refractivity contribution in [2.45, 2.75) is 19.3 Å². The van der Waals surface area contributed by atoms with Gasteiger partial charge in [0.25, 0.3) is 5.89 Å². The number of anilines is 2. The van der Waals surface area contributed by atoms with E-state index in [4.69, 9.17) is 8.83 Å². The molecule has 8 nitrogen and oxygen atoms in total. The number of furan rings is 1. The Morgan fingerprint density at radius 2 is 2.00 bits per heavy atom. The summed E-state index contributed by atoms with van der Waals surface area (Å²) in [5.41, 5.74) is 2.30. The van der Waals surface area contributed by atoms with Gasteiger partial charge >= 0.3 is 0 Å². The van der Waals surface area contributed by atoms with Crippen LogP contribution in [-0.4, -0.2) is 49.5 Å². The van der Waals surface area contributed by atoms with E-state index in [1.807, 2.05) is 17.0 Å². The number of benzene rings is 1. The normalized spacial score (nSPS) is 14.5. The van der Waals surface area contributed by atoms with Crippen LogP contribution in [0.4, 0.5) is 11.6 Å². The number of nitriles is 1. The van der Waals surface area contributed by atoms with E-state index in [2.05, 4.69) is 47.5 Å². The Hall–Kier alpha value is -3.57. The van der Waals surface area contributed by atoms with Gasteiger partial charge in [-0.3, -0.25) is 4.79 Å². The second-order valence-electron chi connectivity index (χ2n) is 8.26. The minimum absolute atomic E-state index is 0.0278. The van der Waals surface area contributed by atoms with Crippen LogP contribution in [0, 0.1) is 17.2 Å². The van der Waals surface area contributed by atoms with Crippen molar-refractivity contribution in [1.29, 1.82) is 5.26 Å².